The number of carbonyl (C=O) groups excluding carboxylic acids is 1. The summed E-state index contributed by atoms with van der Waals surface area (Å²) in [7, 11) is 1.59. The van der Waals surface area contributed by atoms with E-state index in [1.165, 1.54) is 0 Å². The molecule has 0 aliphatic carbocycles. The lowest BCUT2D eigenvalue weighted by atomic mass is 9.85. The van der Waals surface area contributed by atoms with E-state index in [-0.39, 0.29) is 4.69 Å². The number of rotatable bonds is 4. The molecule has 1 aromatic carbocycles. The van der Waals surface area contributed by atoms with E-state index in [1.807, 2.05) is 37.3 Å². The second-order valence-corrected chi connectivity index (χ2v) is 4.13. The summed E-state index contributed by atoms with van der Waals surface area (Å²) in [5, 5.41) is 0. The minimum atomic E-state index is -0.601. The van der Waals surface area contributed by atoms with E-state index in [1.54, 1.807) is 7.11 Å². The Morgan fingerprint density at radius 3 is 2.43 bits per heavy atom. The van der Waals surface area contributed by atoms with Crippen LogP contribution in [0.15, 0.2) is 30.3 Å². The zero-order chi connectivity index (χ0) is 10.6. The highest BCUT2D eigenvalue weighted by Gasteiger charge is 2.33. The summed E-state index contributed by atoms with van der Waals surface area (Å²) in [4.78, 5) is 11.5. The van der Waals surface area contributed by atoms with Crippen molar-refractivity contribution in [1.29, 1.82) is 0 Å². The fourth-order valence-electron chi connectivity index (χ4n) is 1.35. The summed E-state index contributed by atoms with van der Waals surface area (Å²) < 4.78 is 5.01. The maximum Gasteiger partial charge on any atom is 0.210 e. The molecule has 0 N–H and O–H groups in total. The van der Waals surface area contributed by atoms with Crippen molar-refractivity contribution in [2.75, 3.05) is 13.7 Å². The van der Waals surface area contributed by atoms with Gasteiger partial charge in [0.25, 0.3) is 0 Å². The van der Waals surface area contributed by atoms with Gasteiger partial charge in [0.2, 0.25) is 4.69 Å². The first-order chi connectivity index (χ1) is 6.61. The quantitative estimate of drug-likeness (QED) is 0.775. The van der Waals surface area contributed by atoms with Crippen LogP contribution in [0.3, 0.4) is 0 Å². The normalized spacial score (nSPS) is 14.8. The van der Waals surface area contributed by atoms with Crippen LogP contribution in [-0.4, -0.2) is 18.4 Å². The van der Waals surface area contributed by atoms with Crippen molar-refractivity contribution in [3.05, 3.63) is 35.9 Å². The van der Waals surface area contributed by atoms with Crippen LogP contribution in [-0.2, 0) is 14.9 Å². The van der Waals surface area contributed by atoms with Crippen molar-refractivity contribution in [2.45, 2.75) is 12.3 Å². The number of benzene rings is 1. The summed E-state index contributed by atoms with van der Waals surface area (Å²) >= 11 is 3.02. The third-order valence-corrected chi connectivity index (χ3v) is 3.15. The molecule has 1 atom stereocenters. The third kappa shape index (κ3) is 2.22. The zero-order valence-electron chi connectivity index (χ0n) is 8.29. The Morgan fingerprint density at radius 1 is 1.43 bits per heavy atom. The highest BCUT2D eigenvalue weighted by Crippen LogP contribution is 2.27. The first kappa shape index (κ1) is 11.4. The molecule has 3 heteroatoms. The lowest BCUT2D eigenvalue weighted by molar-refractivity contribution is -0.116. The molecule has 14 heavy (non-hydrogen) atoms. The summed E-state index contributed by atoms with van der Waals surface area (Å²) in [6.45, 7) is 2.24. The van der Waals surface area contributed by atoms with E-state index in [9.17, 15) is 4.79 Å². The lowest BCUT2D eigenvalue weighted by Gasteiger charge is -2.24. The van der Waals surface area contributed by atoms with Crippen LogP contribution in [0.5, 0.6) is 0 Å². The minimum absolute atomic E-state index is 0.0574. The van der Waals surface area contributed by atoms with Gasteiger partial charge in [0.05, 0.1) is 12.0 Å². The van der Waals surface area contributed by atoms with E-state index >= 15 is 0 Å². The van der Waals surface area contributed by atoms with Gasteiger partial charge in [-0.05, 0) is 28.4 Å². The van der Waals surface area contributed by atoms with Crippen molar-refractivity contribution in [3.63, 3.8) is 0 Å². The standard InChI is InChI=1S/C11H13BrO2/c1-11(8-14-2,10(12)13)9-6-4-3-5-7-9/h3-7H,8H2,1-2H3. The van der Waals surface area contributed by atoms with Gasteiger partial charge in [-0.25, -0.2) is 0 Å². The van der Waals surface area contributed by atoms with Crippen LogP contribution in [0, 0.1) is 0 Å². The molecule has 2 nitrogen and oxygen atoms in total. The van der Waals surface area contributed by atoms with E-state index < -0.39 is 5.41 Å². The topological polar surface area (TPSA) is 26.3 Å². The molecule has 1 unspecified atom stereocenters. The molecule has 0 heterocycles. The fourth-order valence-corrected chi connectivity index (χ4v) is 1.69. The molecule has 0 radical (unpaired) electrons. The second-order valence-electron chi connectivity index (χ2n) is 3.40. The van der Waals surface area contributed by atoms with E-state index in [4.69, 9.17) is 4.74 Å². The van der Waals surface area contributed by atoms with Crippen molar-refractivity contribution >= 4 is 20.6 Å². The van der Waals surface area contributed by atoms with Crippen molar-refractivity contribution in [2.24, 2.45) is 0 Å². The number of carbonyl (C=O) groups is 1. The molecule has 0 spiro atoms. The molecule has 1 rings (SSSR count). The number of methoxy groups -OCH3 is 1. The zero-order valence-corrected chi connectivity index (χ0v) is 9.87. The Balaban J connectivity index is 3.06. The van der Waals surface area contributed by atoms with Crippen molar-refractivity contribution < 1.29 is 9.53 Å². The van der Waals surface area contributed by atoms with Gasteiger partial charge in [-0.2, -0.15) is 0 Å². The average molecular weight is 257 g/mol. The van der Waals surface area contributed by atoms with E-state index in [2.05, 4.69) is 15.9 Å². The molecular formula is C11H13BrO2. The first-order valence-electron chi connectivity index (χ1n) is 4.35. The monoisotopic (exact) mass is 256 g/mol. The van der Waals surface area contributed by atoms with Gasteiger partial charge in [-0.15, -0.1) is 0 Å². The van der Waals surface area contributed by atoms with E-state index in [0.29, 0.717) is 6.61 Å². The Labute approximate surface area is 92.4 Å². The predicted octanol–water partition coefficient (Wildman–Crippen LogP) is 2.51. The van der Waals surface area contributed by atoms with Crippen molar-refractivity contribution in [1.82, 2.24) is 0 Å². The van der Waals surface area contributed by atoms with Crippen LogP contribution in [0.4, 0.5) is 0 Å². The Bertz CT molecular complexity index is 310. The molecule has 1 aromatic rings. The number of hydrogen-bond acceptors (Lipinski definition) is 2. The van der Waals surface area contributed by atoms with Crippen LogP contribution in [0.25, 0.3) is 0 Å². The fraction of sp³-hybridized carbons (Fsp3) is 0.364. The Morgan fingerprint density at radius 2 is 2.00 bits per heavy atom. The van der Waals surface area contributed by atoms with Gasteiger partial charge in [-0.3, -0.25) is 4.79 Å². The highest BCUT2D eigenvalue weighted by atomic mass is 79.9. The van der Waals surface area contributed by atoms with Gasteiger partial charge in [-0.1, -0.05) is 30.3 Å². The number of halogens is 1. The van der Waals surface area contributed by atoms with Gasteiger partial charge in [0.15, 0.2) is 0 Å². The van der Waals surface area contributed by atoms with Crippen LogP contribution in [0.1, 0.15) is 12.5 Å². The van der Waals surface area contributed by atoms with Gasteiger partial charge < -0.3 is 4.74 Å². The molecule has 0 saturated carbocycles. The first-order valence-corrected chi connectivity index (χ1v) is 5.15. The van der Waals surface area contributed by atoms with Crippen LogP contribution in [0.2, 0.25) is 0 Å². The van der Waals surface area contributed by atoms with E-state index in [0.717, 1.165) is 5.56 Å². The molecular weight excluding hydrogens is 244 g/mol. The Hall–Kier alpha value is -0.670. The molecule has 0 saturated heterocycles. The van der Waals surface area contributed by atoms with Crippen LogP contribution >= 0.6 is 15.9 Å². The number of hydrogen-bond donors (Lipinski definition) is 0. The summed E-state index contributed by atoms with van der Waals surface area (Å²) in [5.74, 6) is 0. The predicted molar refractivity (Wildman–Crippen MR) is 59.6 cm³/mol. The smallest absolute Gasteiger partial charge is 0.210 e. The molecule has 0 aliphatic heterocycles. The molecule has 0 bridgehead atoms. The SMILES string of the molecule is COCC(C)(C(=O)Br)c1ccccc1. The third-order valence-electron chi connectivity index (χ3n) is 2.28. The molecule has 0 aliphatic rings. The lowest BCUT2D eigenvalue weighted by Crippen LogP contribution is -2.33. The molecule has 76 valence electrons. The Kier molecular flexibility index (Phi) is 3.84. The minimum Gasteiger partial charge on any atom is -0.383 e. The summed E-state index contributed by atoms with van der Waals surface area (Å²) in [5.41, 5.74) is 0.361. The van der Waals surface area contributed by atoms with Crippen molar-refractivity contribution in [3.8, 4) is 0 Å². The summed E-state index contributed by atoms with van der Waals surface area (Å²) in [6.07, 6.45) is 0. The summed E-state index contributed by atoms with van der Waals surface area (Å²) in [6, 6.07) is 9.62. The molecule has 0 aromatic heterocycles. The van der Waals surface area contributed by atoms with Gasteiger partial charge in [0.1, 0.15) is 0 Å². The van der Waals surface area contributed by atoms with Crippen LogP contribution < -0.4 is 0 Å². The van der Waals surface area contributed by atoms with Gasteiger partial charge >= 0.3 is 0 Å². The number of ether oxygens (including phenoxy) is 1. The largest absolute Gasteiger partial charge is 0.383 e. The maximum atomic E-state index is 11.5. The molecule has 0 amide bonds. The average Bonchev–Trinajstić information content (AvgIpc) is 2.19. The molecule has 0 fully saturated rings. The van der Waals surface area contributed by atoms with Gasteiger partial charge in [0, 0.05) is 7.11 Å². The highest BCUT2D eigenvalue weighted by molar-refractivity contribution is 9.18. The second kappa shape index (κ2) is 4.71. The maximum absolute atomic E-state index is 11.5.